The van der Waals surface area contributed by atoms with E-state index < -0.39 is 31.1 Å². The fourth-order valence-electron chi connectivity index (χ4n) is 2.79. The third kappa shape index (κ3) is 4.06. The maximum Gasteiger partial charge on any atom is 0.225 e. The Bertz CT molecular complexity index is 818. The number of aliphatic hydroxyl groups is 3. The minimum absolute atomic E-state index is 0.0901. The molecule has 0 bridgehead atoms. The maximum absolute atomic E-state index is 10.2. The van der Waals surface area contributed by atoms with Crippen molar-refractivity contribution in [2.45, 2.75) is 36.0 Å². The van der Waals surface area contributed by atoms with Crippen LogP contribution in [0, 0.1) is 5.41 Å². The lowest BCUT2D eigenvalue weighted by Gasteiger charge is -2.16. The summed E-state index contributed by atoms with van der Waals surface area (Å²) in [4.78, 5) is 12.8. The number of hydrogen-bond acceptors (Lipinski definition) is 10. The van der Waals surface area contributed by atoms with E-state index in [-0.39, 0.29) is 5.96 Å². The van der Waals surface area contributed by atoms with Gasteiger partial charge < -0.3 is 36.4 Å². The lowest BCUT2D eigenvalue weighted by atomic mass is 10.1. The van der Waals surface area contributed by atoms with E-state index in [2.05, 4.69) is 38.2 Å². The molecule has 148 valence electrons. The van der Waals surface area contributed by atoms with Crippen molar-refractivity contribution in [1.82, 2.24) is 24.8 Å². The molecule has 13 heteroatoms. The van der Waals surface area contributed by atoms with Crippen LogP contribution in [-0.2, 0) is 4.74 Å². The number of imidazole rings is 1. The molecule has 2 aromatic heterocycles. The van der Waals surface area contributed by atoms with Crippen LogP contribution in [0.5, 0.6) is 0 Å². The van der Waals surface area contributed by atoms with Gasteiger partial charge in [-0.25, -0.2) is 9.97 Å². The summed E-state index contributed by atoms with van der Waals surface area (Å²) < 4.78 is 7.00. The van der Waals surface area contributed by atoms with Crippen molar-refractivity contribution in [1.29, 1.82) is 5.41 Å². The van der Waals surface area contributed by atoms with Crippen molar-refractivity contribution in [2.75, 3.05) is 25.0 Å². The number of aromatic nitrogens is 4. The van der Waals surface area contributed by atoms with Gasteiger partial charge in [-0.1, -0.05) is 0 Å². The molecule has 0 amide bonds. The highest BCUT2D eigenvalue weighted by Gasteiger charge is 2.44. The molecule has 0 saturated carbocycles. The van der Waals surface area contributed by atoms with Crippen molar-refractivity contribution in [3.05, 3.63) is 6.33 Å². The number of aliphatic hydroxyl groups excluding tert-OH is 3. The van der Waals surface area contributed by atoms with Gasteiger partial charge in [-0.15, -0.1) is 12.6 Å². The normalized spacial score (nSPS) is 25.0. The second-order valence-electron chi connectivity index (χ2n) is 6.04. The predicted molar refractivity (Wildman–Crippen MR) is 98.6 cm³/mol. The molecule has 1 unspecified atom stereocenters. The van der Waals surface area contributed by atoms with E-state index in [1.165, 1.54) is 10.9 Å². The summed E-state index contributed by atoms with van der Waals surface area (Å²) >= 11 is 4.33. The molecule has 3 heterocycles. The average Bonchev–Trinajstić information content (AvgIpc) is 3.16. The quantitative estimate of drug-likeness (QED) is 0.0853. The van der Waals surface area contributed by atoms with Crippen LogP contribution in [0.3, 0.4) is 0 Å². The number of guanidine groups is 1. The van der Waals surface area contributed by atoms with Crippen LogP contribution in [0.4, 0.5) is 5.95 Å². The number of nitrogens with two attached hydrogens (primary N) is 1. The number of anilines is 1. The fourth-order valence-corrected chi connectivity index (χ4v) is 3.04. The molecule has 1 fully saturated rings. The minimum Gasteiger partial charge on any atom is -0.394 e. The molecule has 0 radical (unpaired) electrons. The molecule has 0 aliphatic carbocycles. The van der Waals surface area contributed by atoms with Crippen LogP contribution >= 0.6 is 12.6 Å². The molecule has 4 atom stereocenters. The zero-order chi connectivity index (χ0) is 19.6. The summed E-state index contributed by atoms with van der Waals surface area (Å²) in [6, 6.07) is 0. The monoisotopic (exact) mass is 398 g/mol. The number of thiol groups is 1. The van der Waals surface area contributed by atoms with Gasteiger partial charge in [0.2, 0.25) is 5.95 Å². The zero-order valence-electron chi connectivity index (χ0n) is 14.3. The minimum atomic E-state index is -1.24. The van der Waals surface area contributed by atoms with Gasteiger partial charge in [0.1, 0.15) is 28.9 Å². The van der Waals surface area contributed by atoms with Crippen LogP contribution in [0.1, 0.15) is 12.6 Å². The van der Waals surface area contributed by atoms with Crippen LogP contribution in [0.15, 0.2) is 11.4 Å². The number of nitrogens with zero attached hydrogens (tertiary/aromatic N) is 4. The first kappa shape index (κ1) is 19.6. The highest BCUT2D eigenvalue weighted by Crippen LogP contribution is 2.32. The Morgan fingerprint density at radius 3 is 2.78 bits per heavy atom. The van der Waals surface area contributed by atoms with Crippen molar-refractivity contribution in [3.63, 3.8) is 0 Å². The average molecular weight is 398 g/mol. The van der Waals surface area contributed by atoms with Crippen molar-refractivity contribution >= 4 is 35.7 Å². The highest BCUT2D eigenvalue weighted by atomic mass is 32.1. The fraction of sp³-hybridized carbons (Fsp3) is 0.571. The Balaban J connectivity index is 1.78. The van der Waals surface area contributed by atoms with E-state index in [0.717, 1.165) is 0 Å². The molecule has 1 aliphatic heterocycles. The summed E-state index contributed by atoms with van der Waals surface area (Å²) in [6.45, 7) is 0.634. The topological polar surface area (TPSA) is 187 Å². The molecule has 3 rings (SSSR count). The van der Waals surface area contributed by atoms with E-state index >= 15 is 0 Å². The van der Waals surface area contributed by atoms with Crippen LogP contribution in [0.25, 0.3) is 11.2 Å². The molecular weight excluding hydrogens is 376 g/mol. The van der Waals surface area contributed by atoms with Gasteiger partial charge in [-0.2, -0.15) is 4.98 Å². The Morgan fingerprint density at radius 2 is 2.11 bits per heavy atom. The first-order chi connectivity index (χ1) is 12.9. The predicted octanol–water partition coefficient (Wildman–Crippen LogP) is -1.99. The van der Waals surface area contributed by atoms with Gasteiger partial charge in [0.25, 0.3) is 0 Å². The molecule has 27 heavy (non-hydrogen) atoms. The van der Waals surface area contributed by atoms with E-state index in [1.54, 1.807) is 0 Å². The Morgan fingerprint density at radius 1 is 1.33 bits per heavy atom. The lowest BCUT2D eigenvalue weighted by Crippen LogP contribution is -2.33. The second kappa shape index (κ2) is 8.22. The molecular formula is C14H22N8O4S. The molecule has 0 aromatic carbocycles. The molecule has 0 spiro atoms. The van der Waals surface area contributed by atoms with Gasteiger partial charge in [0.05, 0.1) is 12.9 Å². The first-order valence-electron chi connectivity index (χ1n) is 8.30. The zero-order valence-corrected chi connectivity index (χ0v) is 15.2. The number of rotatable bonds is 7. The van der Waals surface area contributed by atoms with E-state index in [1.807, 2.05) is 0 Å². The number of fused-ring (bicyclic) bond motifs is 1. The van der Waals surface area contributed by atoms with Gasteiger partial charge in [0, 0.05) is 13.1 Å². The largest absolute Gasteiger partial charge is 0.394 e. The summed E-state index contributed by atoms with van der Waals surface area (Å²) in [5.41, 5.74) is 6.00. The van der Waals surface area contributed by atoms with Gasteiger partial charge in [-0.05, 0) is 6.42 Å². The number of nitrogens with one attached hydrogen (secondary N) is 3. The van der Waals surface area contributed by atoms with Crippen LogP contribution < -0.4 is 16.4 Å². The number of ether oxygens (including phenoxy) is 1. The highest BCUT2D eigenvalue weighted by molar-refractivity contribution is 7.80. The van der Waals surface area contributed by atoms with Gasteiger partial charge >= 0.3 is 0 Å². The van der Waals surface area contributed by atoms with Crippen molar-refractivity contribution in [2.24, 2.45) is 5.73 Å². The standard InChI is InChI=1S/C14H22N8O4S/c15-13(16)17-2-1-3-18-14-20-10-7(11(27)21-14)19-5-22(10)12-9(25)8(24)6(4-23)26-12/h5-6,8-9,12,23-25H,1-4H2,(H4,15,16,17)(H2,18,20,21,27)/t6-,8?,9+,12-/m1/s1. The molecule has 1 saturated heterocycles. The van der Waals surface area contributed by atoms with Gasteiger partial charge in [0.15, 0.2) is 17.8 Å². The third-order valence-electron chi connectivity index (χ3n) is 4.15. The Kier molecular flexibility index (Phi) is 5.96. The molecule has 2 aromatic rings. The van der Waals surface area contributed by atoms with Crippen LogP contribution in [-0.4, -0.2) is 78.8 Å². The maximum atomic E-state index is 10.2. The Labute approximate surface area is 159 Å². The molecule has 12 nitrogen and oxygen atoms in total. The summed E-state index contributed by atoms with van der Waals surface area (Å²) in [5.74, 6) is 0.219. The van der Waals surface area contributed by atoms with Crippen LogP contribution in [0.2, 0.25) is 0 Å². The third-order valence-corrected chi connectivity index (χ3v) is 4.46. The summed E-state index contributed by atoms with van der Waals surface area (Å²) in [6.07, 6.45) is -2.21. The van der Waals surface area contributed by atoms with Crippen molar-refractivity contribution < 1.29 is 20.1 Å². The molecule has 8 N–H and O–H groups in total. The lowest BCUT2D eigenvalue weighted by molar-refractivity contribution is -0.0511. The first-order valence-corrected chi connectivity index (χ1v) is 8.75. The molecule has 1 aliphatic rings. The number of hydrogen-bond donors (Lipinski definition) is 8. The summed E-state index contributed by atoms with van der Waals surface area (Å²) in [5, 5.41) is 42.6. The Hall–Kier alpha value is -2.19. The smallest absolute Gasteiger partial charge is 0.225 e. The van der Waals surface area contributed by atoms with Crippen molar-refractivity contribution in [3.8, 4) is 0 Å². The SMILES string of the molecule is N=C(N)NCCCNc1nc(S)c2ncn([C@@H]3O[C@H](CO)C(O)[C@@H]3O)c2n1. The van der Waals surface area contributed by atoms with E-state index in [4.69, 9.17) is 15.9 Å². The van der Waals surface area contributed by atoms with E-state index in [9.17, 15) is 15.3 Å². The van der Waals surface area contributed by atoms with Gasteiger partial charge in [-0.3, -0.25) is 9.98 Å². The summed E-state index contributed by atoms with van der Waals surface area (Å²) in [7, 11) is 0. The van der Waals surface area contributed by atoms with E-state index in [0.29, 0.717) is 41.6 Å². The second-order valence-corrected chi connectivity index (χ2v) is 6.47.